The van der Waals surface area contributed by atoms with Crippen molar-refractivity contribution in [3.05, 3.63) is 88.9 Å². The summed E-state index contributed by atoms with van der Waals surface area (Å²) in [7, 11) is 0. The molecule has 0 bridgehead atoms. The van der Waals surface area contributed by atoms with Crippen molar-refractivity contribution in [1.82, 2.24) is 20.6 Å². The number of rotatable bonds is 6. The van der Waals surface area contributed by atoms with Crippen molar-refractivity contribution in [2.75, 3.05) is 5.73 Å². The topological polar surface area (TPSA) is 117 Å². The highest BCUT2D eigenvalue weighted by Gasteiger charge is 2.40. The van der Waals surface area contributed by atoms with Crippen molar-refractivity contribution >= 4 is 28.7 Å². The minimum atomic E-state index is -0.128. The van der Waals surface area contributed by atoms with Gasteiger partial charge in [0.05, 0.1) is 18.3 Å². The molecule has 2 aliphatic rings. The summed E-state index contributed by atoms with van der Waals surface area (Å²) in [5.41, 5.74) is 10.4. The lowest BCUT2D eigenvalue weighted by Gasteiger charge is -2.06. The molecule has 2 aromatic carbocycles. The number of benzene rings is 2. The van der Waals surface area contributed by atoms with E-state index in [4.69, 9.17) is 12.2 Å². The predicted octanol–water partition coefficient (Wildman–Crippen LogP) is 2.52. The molecule has 0 saturated heterocycles. The molecule has 2 fully saturated rings. The summed E-state index contributed by atoms with van der Waals surface area (Å²) in [6, 6.07) is 14.7. The van der Waals surface area contributed by atoms with Crippen LogP contribution in [0.1, 0.15) is 56.7 Å². The minimum Gasteiger partial charge on any atom is -0.369 e. The lowest BCUT2D eigenvalue weighted by molar-refractivity contribution is -0.679. The van der Waals surface area contributed by atoms with Crippen LogP contribution in [0.25, 0.3) is 11.0 Å². The van der Waals surface area contributed by atoms with Crippen molar-refractivity contribution in [2.45, 2.75) is 37.9 Å². The third-order valence-electron chi connectivity index (χ3n) is 7.08. The molecule has 2 unspecified atom stereocenters. The van der Waals surface area contributed by atoms with E-state index in [-0.39, 0.29) is 23.8 Å². The Morgan fingerprint density at radius 2 is 1.77 bits per heavy atom. The Labute approximate surface area is 226 Å². The molecule has 2 atom stereocenters. The molecule has 2 aliphatic carbocycles. The molecule has 2 aromatic heterocycles. The van der Waals surface area contributed by atoms with Crippen LogP contribution in [0.5, 0.6) is 0 Å². The highest BCUT2D eigenvalue weighted by atomic mass is 16.2. The van der Waals surface area contributed by atoms with Crippen molar-refractivity contribution in [3.8, 4) is 24.2 Å². The van der Waals surface area contributed by atoms with Crippen molar-refractivity contribution < 1.29 is 14.2 Å². The molecule has 6 rings (SSSR count). The Morgan fingerprint density at radius 3 is 2.51 bits per heavy atom. The number of hydrogen-bond donors (Lipinski definition) is 4. The average molecular weight is 516 g/mol. The monoisotopic (exact) mass is 515 g/mol. The maximum Gasteiger partial charge on any atom is 0.251 e. The highest BCUT2D eigenvalue weighted by Crippen LogP contribution is 2.31. The first-order valence-electron chi connectivity index (χ1n) is 12.9. The van der Waals surface area contributed by atoms with Gasteiger partial charge in [0.25, 0.3) is 11.8 Å². The molecule has 2 heterocycles. The van der Waals surface area contributed by atoms with Crippen LogP contribution in [-0.2, 0) is 6.54 Å². The van der Waals surface area contributed by atoms with Crippen molar-refractivity contribution in [2.24, 2.45) is 5.92 Å². The third-order valence-corrected chi connectivity index (χ3v) is 7.08. The fraction of sp³-hybridized carbons (Fsp3) is 0.226. The summed E-state index contributed by atoms with van der Waals surface area (Å²) in [5, 5.41) is 6.85. The van der Waals surface area contributed by atoms with Gasteiger partial charge >= 0.3 is 0 Å². The molecule has 0 spiro atoms. The van der Waals surface area contributed by atoms with Crippen molar-refractivity contribution in [3.63, 3.8) is 0 Å². The summed E-state index contributed by atoms with van der Waals surface area (Å²) in [6.07, 6.45) is 11.9. The molecule has 192 valence electrons. The molecule has 0 aliphatic heterocycles. The normalized spacial score (nSPS) is 17.5. The van der Waals surface area contributed by atoms with Crippen molar-refractivity contribution in [1.29, 1.82) is 0 Å². The first-order valence-corrected chi connectivity index (χ1v) is 12.9. The van der Waals surface area contributed by atoms with E-state index in [2.05, 4.69) is 38.4 Å². The number of nitrogens with one attached hydrogen (secondary N) is 3. The number of carbonyl (C=O) groups excluding carboxylic acids is 2. The second-order valence-corrected chi connectivity index (χ2v) is 10.1. The molecule has 4 aromatic rings. The zero-order chi connectivity index (χ0) is 26.9. The van der Waals surface area contributed by atoms with Crippen LogP contribution in [-0.4, -0.2) is 33.9 Å². The van der Waals surface area contributed by atoms with Gasteiger partial charge in [-0.05, 0) is 55.7 Å². The van der Waals surface area contributed by atoms with Crippen LogP contribution in [0, 0.1) is 30.1 Å². The Hall–Kier alpha value is -5.08. The summed E-state index contributed by atoms with van der Waals surface area (Å²) < 4.78 is 2.01. The average Bonchev–Trinajstić information content (AvgIpc) is 3.87. The van der Waals surface area contributed by atoms with Crippen LogP contribution >= 0.6 is 0 Å². The Kier molecular flexibility index (Phi) is 6.22. The van der Waals surface area contributed by atoms with Gasteiger partial charge in [-0.3, -0.25) is 14.6 Å². The van der Waals surface area contributed by atoms with Gasteiger partial charge < -0.3 is 16.4 Å². The number of nitrogens with two attached hydrogens (primary N) is 1. The number of aromatic amines is 1. The SMILES string of the molecule is C#Cc1cccc(C(=O)NC2CC2C[n+]2cnc(N)c3c(C#Cc4cccc(C(=O)NC5CC5)c4)c[nH]c32)c1. The van der Waals surface area contributed by atoms with E-state index in [0.717, 1.165) is 41.4 Å². The van der Waals surface area contributed by atoms with Crippen LogP contribution < -0.4 is 20.9 Å². The number of hydrogen-bond acceptors (Lipinski definition) is 4. The Bertz CT molecular complexity index is 1720. The van der Waals surface area contributed by atoms with E-state index < -0.39 is 0 Å². The van der Waals surface area contributed by atoms with E-state index in [0.29, 0.717) is 35.1 Å². The summed E-state index contributed by atoms with van der Waals surface area (Å²) in [6.45, 7) is 0.671. The molecular formula is C31H27N6O2+. The second kappa shape index (κ2) is 10.00. The number of nitrogens with zero attached hydrogens (tertiary/aromatic N) is 2. The Balaban J connectivity index is 1.16. The van der Waals surface area contributed by atoms with E-state index in [1.165, 1.54) is 0 Å². The number of carbonyl (C=O) groups is 2. The van der Waals surface area contributed by atoms with E-state index in [9.17, 15) is 9.59 Å². The number of terminal acetylenes is 1. The Morgan fingerprint density at radius 1 is 1.05 bits per heavy atom. The van der Waals surface area contributed by atoms with Gasteiger partial charge in [0.2, 0.25) is 17.8 Å². The molecule has 8 nitrogen and oxygen atoms in total. The van der Waals surface area contributed by atoms with Gasteiger partial charge in [-0.1, -0.05) is 34.9 Å². The van der Waals surface area contributed by atoms with Gasteiger partial charge in [0.15, 0.2) is 0 Å². The fourth-order valence-corrected chi connectivity index (χ4v) is 4.64. The zero-order valence-electron chi connectivity index (χ0n) is 21.2. The third kappa shape index (κ3) is 5.32. The second-order valence-electron chi connectivity index (χ2n) is 10.1. The number of amides is 2. The van der Waals surface area contributed by atoms with Crippen LogP contribution in [0.4, 0.5) is 5.82 Å². The maximum absolute atomic E-state index is 12.7. The zero-order valence-corrected chi connectivity index (χ0v) is 21.2. The van der Waals surface area contributed by atoms with E-state index in [1.807, 2.05) is 22.9 Å². The molecule has 2 amide bonds. The number of anilines is 1. The van der Waals surface area contributed by atoms with Gasteiger partial charge in [-0.2, -0.15) is 0 Å². The number of H-pyrrole nitrogens is 1. The maximum atomic E-state index is 12.7. The summed E-state index contributed by atoms with van der Waals surface area (Å²) in [5.74, 6) is 9.36. The van der Waals surface area contributed by atoms with Gasteiger partial charge in [0, 0.05) is 40.3 Å². The summed E-state index contributed by atoms with van der Waals surface area (Å²) >= 11 is 0. The van der Waals surface area contributed by atoms with Gasteiger partial charge in [-0.25, -0.2) is 4.57 Å². The minimum absolute atomic E-state index is 0.0709. The number of aromatic nitrogens is 3. The van der Waals surface area contributed by atoms with Crippen LogP contribution in [0.3, 0.4) is 0 Å². The van der Waals surface area contributed by atoms with Crippen LogP contribution in [0.2, 0.25) is 0 Å². The summed E-state index contributed by atoms with van der Waals surface area (Å²) in [4.78, 5) is 32.7. The quantitative estimate of drug-likeness (QED) is 0.233. The van der Waals surface area contributed by atoms with E-state index >= 15 is 0 Å². The molecular weight excluding hydrogens is 488 g/mol. The fourth-order valence-electron chi connectivity index (χ4n) is 4.64. The first-order chi connectivity index (χ1) is 19.0. The number of nitrogen functional groups attached to an aromatic ring is 1. The number of fused-ring (bicyclic) bond motifs is 1. The predicted molar refractivity (Wildman–Crippen MR) is 147 cm³/mol. The highest BCUT2D eigenvalue weighted by molar-refractivity contribution is 5.95. The molecule has 5 N–H and O–H groups in total. The van der Waals surface area contributed by atoms with Crippen LogP contribution in [0.15, 0.2) is 61.1 Å². The smallest absolute Gasteiger partial charge is 0.251 e. The lowest BCUT2D eigenvalue weighted by atomic mass is 10.1. The van der Waals surface area contributed by atoms with E-state index in [1.54, 1.807) is 42.7 Å². The molecule has 39 heavy (non-hydrogen) atoms. The largest absolute Gasteiger partial charge is 0.369 e. The standard InChI is InChI=1S/C31H26N6O2/c1-2-19-5-3-7-21(13-19)31(39)36-26-15-24(26)17-37-18-34-28(32)27-23(16-33-29(27)37)10-9-20-6-4-8-22(14-20)30(38)35-25-11-12-25/h1,3-8,13-14,16,18,24-26H,11-12,15,17H2,(H4,32,33,35,36,38,39)/p+1. The van der Waals surface area contributed by atoms with Gasteiger partial charge in [-0.15, -0.1) is 6.42 Å². The molecule has 0 radical (unpaired) electrons. The lowest BCUT2D eigenvalue weighted by Crippen LogP contribution is -2.38. The molecule has 2 saturated carbocycles. The molecule has 8 heteroatoms. The first kappa shape index (κ1) is 24.3. The van der Waals surface area contributed by atoms with Gasteiger partial charge in [0.1, 0.15) is 5.39 Å².